The minimum atomic E-state index is -0.942. The van der Waals surface area contributed by atoms with E-state index in [9.17, 15) is 8.78 Å². The van der Waals surface area contributed by atoms with Gasteiger partial charge < -0.3 is 0 Å². The average Bonchev–Trinajstić information content (AvgIpc) is 3.02. The van der Waals surface area contributed by atoms with Crippen molar-refractivity contribution < 1.29 is 8.78 Å². The zero-order valence-corrected chi connectivity index (χ0v) is 13.4. The van der Waals surface area contributed by atoms with Crippen molar-refractivity contribution in [3.63, 3.8) is 0 Å². The van der Waals surface area contributed by atoms with E-state index in [1.54, 1.807) is 6.07 Å². The zero-order chi connectivity index (χ0) is 15.3. The molecular formula is C16H7BrF2N2S. The van der Waals surface area contributed by atoms with Crippen molar-refractivity contribution in [2.24, 2.45) is 0 Å². The van der Waals surface area contributed by atoms with Crippen molar-refractivity contribution >= 4 is 49.5 Å². The Morgan fingerprint density at radius 2 is 1.59 bits per heavy atom. The predicted octanol–water partition coefficient (Wildman–Crippen LogP) is 5.55. The molecule has 0 unspecified atom stereocenters. The molecule has 0 aliphatic carbocycles. The second kappa shape index (κ2) is 5.07. The highest BCUT2D eigenvalue weighted by atomic mass is 79.9. The van der Waals surface area contributed by atoms with Crippen LogP contribution in [0.15, 0.2) is 46.9 Å². The summed E-state index contributed by atoms with van der Waals surface area (Å²) in [5.41, 5.74) is 1.47. The van der Waals surface area contributed by atoms with E-state index in [4.69, 9.17) is 0 Å². The van der Waals surface area contributed by atoms with Gasteiger partial charge in [0.05, 0.1) is 21.8 Å². The number of hydrogen-bond acceptors (Lipinski definition) is 3. The van der Waals surface area contributed by atoms with E-state index in [2.05, 4.69) is 24.7 Å². The molecule has 3 aromatic carbocycles. The van der Waals surface area contributed by atoms with Gasteiger partial charge in [0.1, 0.15) is 11.0 Å². The third-order valence-corrected chi connectivity index (χ3v) is 4.85. The first kappa shape index (κ1) is 13.7. The molecule has 2 nitrogen and oxygen atoms in total. The third-order valence-electron chi connectivity index (χ3n) is 3.60. The molecule has 0 saturated carbocycles. The average molecular weight is 377 g/mol. The van der Waals surface area contributed by atoms with Gasteiger partial charge in [-0.3, -0.25) is 0 Å². The molecule has 4 rings (SSSR count). The zero-order valence-electron chi connectivity index (χ0n) is 11.0. The molecule has 0 amide bonds. The van der Waals surface area contributed by atoms with Crippen LogP contribution in [0.25, 0.3) is 32.9 Å². The molecule has 4 aromatic rings. The van der Waals surface area contributed by atoms with Crippen LogP contribution in [0, 0.1) is 11.6 Å². The lowest BCUT2D eigenvalue weighted by atomic mass is 9.96. The highest BCUT2D eigenvalue weighted by Gasteiger charge is 2.23. The van der Waals surface area contributed by atoms with Crippen LogP contribution in [0.2, 0.25) is 0 Å². The summed E-state index contributed by atoms with van der Waals surface area (Å²) >= 11 is 3.99. The van der Waals surface area contributed by atoms with Gasteiger partial charge >= 0.3 is 0 Å². The minimum Gasteiger partial charge on any atom is -0.203 e. The molecule has 22 heavy (non-hydrogen) atoms. The van der Waals surface area contributed by atoms with Crippen molar-refractivity contribution in [1.29, 1.82) is 0 Å². The Hall–Kier alpha value is -1.92. The van der Waals surface area contributed by atoms with Gasteiger partial charge in [0, 0.05) is 0 Å². The standard InChI is InChI=1S/C16H7BrF2N2S/c17-12-14(19)13(18)11(15-16(12)21-22-20-15)10-7-3-5-8-4-1-2-6-9(8)10/h1-7H. The lowest BCUT2D eigenvalue weighted by molar-refractivity contribution is 0.509. The molecule has 0 atom stereocenters. The molecule has 6 heteroatoms. The van der Waals surface area contributed by atoms with E-state index in [1.807, 2.05) is 36.4 Å². The fourth-order valence-electron chi connectivity index (χ4n) is 2.60. The smallest absolute Gasteiger partial charge is 0.176 e. The van der Waals surface area contributed by atoms with Gasteiger partial charge in [0.25, 0.3) is 0 Å². The first-order valence-corrected chi connectivity index (χ1v) is 7.97. The highest BCUT2D eigenvalue weighted by Crippen LogP contribution is 2.39. The van der Waals surface area contributed by atoms with Crippen molar-refractivity contribution in [3.05, 3.63) is 58.6 Å². The molecule has 0 saturated heterocycles. The topological polar surface area (TPSA) is 25.8 Å². The largest absolute Gasteiger partial charge is 0.203 e. The molecular weight excluding hydrogens is 370 g/mol. The van der Waals surface area contributed by atoms with E-state index in [0.29, 0.717) is 16.6 Å². The second-order valence-corrected chi connectivity index (χ2v) is 6.13. The minimum absolute atomic E-state index is 0.0118. The van der Waals surface area contributed by atoms with Crippen LogP contribution in [-0.4, -0.2) is 8.75 Å². The molecule has 1 aromatic heterocycles. The van der Waals surface area contributed by atoms with Crippen LogP contribution in [0.3, 0.4) is 0 Å². The maximum atomic E-state index is 14.6. The van der Waals surface area contributed by atoms with E-state index in [-0.39, 0.29) is 10.0 Å². The number of rotatable bonds is 1. The van der Waals surface area contributed by atoms with Crippen LogP contribution in [0.1, 0.15) is 0 Å². The summed E-state index contributed by atoms with van der Waals surface area (Å²) in [4.78, 5) is 0. The lowest BCUT2D eigenvalue weighted by Gasteiger charge is -2.10. The predicted molar refractivity (Wildman–Crippen MR) is 88.0 cm³/mol. The number of nitrogens with zero attached hydrogens (tertiary/aromatic N) is 2. The van der Waals surface area contributed by atoms with E-state index in [1.165, 1.54) is 0 Å². The Kier molecular flexibility index (Phi) is 3.16. The van der Waals surface area contributed by atoms with Crippen LogP contribution < -0.4 is 0 Å². The lowest BCUT2D eigenvalue weighted by Crippen LogP contribution is -1.95. The van der Waals surface area contributed by atoms with Crippen molar-refractivity contribution in [2.45, 2.75) is 0 Å². The molecule has 108 valence electrons. The summed E-state index contributed by atoms with van der Waals surface area (Å²) < 4.78 is 37.0. The van der Waals surface area contributed by atoms with Gasteiger partial charge in [-0.05, 0) is 32.3 Å². The molecule has 0 radical (unpaired) electrons. The van der Waals surface area contributed by atoms with Gasteiger partial charge in [-0.2, -0.15) is 8.75 Å². The summed E-state index contributed by atoms with van der Waals surface area (Å²) in [6, 6.07) is 13.1. The quantitative estimate of drug-likeness (QED) is 0.407. The molecule has 1 heterocycles. The first-order valence-electron chi connectivity index (χ1n) is 6.45. The number of benzene rings is 3. The molecule has 0 aliphatic rings. The van der Waals surface area contributed by atoms with Crippen molar-refractivity contribution in [1.82, 2.24) is 8.75 Å². The van der Waals surface area contributed by atoms with Crippen LogP contribution in [0.4, 0.5) is 8.78 Å². The van der Waals surface area contributed by atoms with Gasteiger partial charge in [-0.25, -0.2) is 8.78 Å². The maximum absolute atomic E-state index is 14.6. The summed E-state index contributed by atoms with van der Waals surface area (Å²) in [5, 5.41) is 1.80. The highest BCUT2D eigenvalue weighted by molar-refractivity contribution is 9.10. The summed E-state index contributed by atoms with van der Waals surface area (Å²) in [5.74, 6) is -1.86. The first-order chi connectivity index (χ1) is 10.7. The molecule has 0 N–H and O–H groups in total. The normalized spacial score (nSPS) is 11.4. The van der Waals surface area contributed by atoms with Crippen molar-refractivity contribution in [3.8, 4) is 11.1 Å². The summed E-state index contributed by atoms with van der Waals surface area (Å²) in [6.07, 6.45) is 0. The fourth-order valence-corrected chi connectivity index (χ4v) is 3.73. The second-order valence-electron chi connectivity index (χ2n) is 4.81. The van der Waals surface area contributed by atoms with Crippen LogP contribution >= 0.6 is 27.7 Å². The van der Waals surface area contributed by atoms with E-state index in [0.717, 1.165) is 22.5 Å². The monoisotopic (exact) mass is 376 g/mol. The van der Waals surface area contributed by atoms with Crippen LogP contribution in [0.5, 0.6) is 0 Å². The van der Waals surface area contributed by atoms with Crippen molar-refractivity contribution in [2.75, 3.05) is 0 Å². The van der Waals surface area contributed by atoms with Crippen LogP contribution in [-0.2, 0) is 0 Å². The van der Waals surface area contributed by atoms with E-state index >= 15 is 0 Å². The number of halogens is 3. The number of fused-ring (bicyclic) bond motifs is 2. The summed E-state index contributed by atoms with van der Waals surface area (Å²) in [7, 11) is 0. The fraction of sp³-hybridized carbons (Fsp3) is 0. The maximum Gasteiger partial charge on any atom is 0.176 e. The Morgan fingerprint density at radius 1 is 0.864 bits per heavy atom. The molecule has 0 fully saturated rings. The summed E-state index contributed by atoms with van der Waals surface area (Å²) in [6.45, 7) is 0. The Balaban J connectivity index is 2.20. The number of hydrogen-bond donors (Lipinski definition) is 0. The Bertz CT molecular complexity index is 1020. The number of aromatic nitrogens is 2. The molecule has 0 bridgehead atoms. The molecule has 0 spiro atoms. The SMILES string of the molecule is Fc1c(F)c(-c2cccc3ccccc23)c2nsnc2c1Br. The van der Waals surface area contributed by atoms with Gasteiger partial charge in [0.15, 0.2) is 11.6 Å². The molecule has 0 aliphatic heterocycles. The van der Waals surface area contributed by atoms with Gasteiger partial charge in [0.2, 0.25) is 0 Å². The van der Waals surface area contributed by atoms with Gasteiger partial charge in [-0.1, -0.05) is 42.5 Å². The Morgan fingerprint density at radius 3 is 2.45 bits per heavy atom. The van der Waals surface area contributed by atoms with Gasteiger partial charge in [-0.15, -0.1) is 0 Å². The third kappa shape index (κ3) is 1.87. The Labute approximate surface area is 136 Å². The van der Waals surface area contributed by atoms with E-state index < -0.39 is 11.6 Å².